The lowest BCUT2D eigenvalue weighted by molar-refractivity contribution is -0.167. The molecule has 6 nitrogen and oxygen atoms in total. The molecule has 71 heavy (non-hydrogen) atoms. The van der Waals surface area contributed by atoms with Gasteiger partial charge in [-0.2, -0.15) is 0 Å². The SMILES string of the molecule is CCCCC/C=C\C/C=C\C/C=C\C/C=C\CCCCCC(=O)OC[C@H](COC(=O)CCCCCCCCC/C=C\C/C=C\CCCCC)OC(=O)CCCCCCCCCCCCCCCCCCC. The third-order valence-corrected chi connectivity index (χ3v) is 13.2. The Labute approximate surface area is 440 Å². The monoisotopic (exact) mass is 991 g/mol. The summed E-state index contributed by atoms with van der Waals surface area (Å²) in [5, 5.41) is 0. The molecule has 0 aromatic rings. The van der Waals surface area contributed by atoms with Crippen LogP contribution in [0, 0.1) is 0 Å². The van der Waals surface area contributed by atoms with Gasteiger partial charge in [0.1, 0.15) is 13.2 Å². The molecule has 6 heteroatoms. The minimum absolute atomic E-state index is 0.0876. The number of esters is 3. The number of hydrogen-bond donors (Lipinski definition) is 0. The van der Waals surface area contributed by atoms with Gasteiger partial charge in [-0.3, -0.25) is 14.4 Å². The summed E-state index contributed by atoms with van der Waals surface area (Å²) in [5.41, 5.74) is 0. The third-order valence-electron chi connectivity index (χ3n) is 13.2. The average molecular weight is 992 g/mol. The van der Waals surface area contributed by atoms with Gasteiger partial charge in [-0.05, 0) is 96.3 Å². The quantitative estimate of drug-likeness (QED) is 0.0261. The lowest BCUT2D eigenvalue weighted by Gasteiger charge is -2.18. The van der Waals surface area contributed by atoms with E-state index in [2.05, 4.69) is 93.7 Å². The lowest BCUT2D eigenvalue weighted by atomic mass is 10.0. The molecule has 0 amide bonds. The molecule has 0 spiro atoms. The van der Waals surface area contributed by atoms with Crippen molar-refractivity contribution in [3.05, 3.63) is 72.9 Å². The first-order chi connectivity index (χ1) is 35.0. The minimum atomic E-state index is -0.791. The first kappa shape index (κ1) is 67.8. The summed E-state index contributed by atoms with van der Waals surface area (Å²) < 4.78 is 16.9. The molecule has 0 radical (unpaired) electrons. The summed E-state index contributed by atoms with van der Waals surface area (Å²) in [6.45, 7) is 6.59. The van der Waals surface area contributed by atoms with Crippen molar-refractivity contribution in [2.75, 3.05) is 13.2 Å². The molecule has 0 aliphatic heterocycles. The zero-order chi connectivity index (χ0) is 51.4. The van der Waals surface area contributed by atoms with Gasteiger partial charge in [-0.25, -0.2) is 0 Å². The van der Waals surface area contributed by atoms with E-state index >= 15 is 0 Å². The van der Waals surface area contributed by atoms with E-state index in [-0.39, 0.29) is 31.1 Å². The molecule has 0 N–H and O–H groups in total. The summed E-state index contributed by atoms with van der Waals surface area (Å²) in [6, 6.07) is 0. The smallest absolute Gasteiger partial charge is 0.306 e. The number of ether oxygens (including phenoxy) is 3. The number of allylic oxidation sites excluding steroid dienone is 12. The fourth-order valence-electron chi connectivity index (χ4n) is 8.57. The van der Waals surface area contributed by atoms with Crippen molar-refractivity contribution in [1.82, 2.24) is 0 Å². The molecule has 0 aromatic heterocycles. The number of carbonyl (C=O) groups excluding carboxylic acids is 3. The van der Waals surface area contributed by atoms with Crippen LogP contribution >= 0.6 is 0 Å². The molecule has 0 rings (SSSR count). The van der Waals surface area contributed by atoms with Crippen LogP contribution in [-0.2, 0) is 28.6 Å². The molecule has 0 aliphatic rings. The fraction of sp³-hybridized carbons (Fsp3) is 0.769. The van der Waals surface area contributed by atoms with Gasteiger partial charge in [0.05, 0.1) is 0 Å². The zero-order valence-corrected chi connectivity index (χ0v) is 47.0. The number of unbranched alkanes of at least 4 members (excludes halogenated alkanes) is 32. The van der Waals surface area contributed by atoms with Crippen molar-refractivity contribution < 1.29 is 28.6 Å². The number of rotatable bonds is 55. The fourth-order valence-corrected chi connectivity index (χ4v) is 8.57. The van der Waals surface area contributed by atoms with Crippen LogP contribution in [-0.4, -0.2) is 37.2 Å². The van der Waals surface area contributed by atoms with Crippen LogP contribution < -0.4 is 0 Å². The second-order valence-corrected chi connectivity index (χ2v) is 20.3. The highest BCUT2D eigenvalue weighted by atomic mass is 16.6. The molecule has 1 atom stereocenters. The largest absolute Gasteiger partial charge is 0.462 e. The highest BCUT2D eigenvalue weighted by molar-refractivity contribution is 5.71. The highest BCUT2D eigenvalue weighted by Gasteiger charge is 2.19. The average Bonchev–Trinajstić information content (AvgIpc) is 3.37. The molecule has 0 aromatic carbocycles. The topological polar surface area (TPSA) is 78.9 Å². The normalized spacial score (nSPS) is 12.5. The van der Waals surface area contributed by atoms with E-state index in [0.717, 1.165) is 96.3 Å². The van der Waals surface area contributed by atoms with Crippen LogP contribution in [0.3, 0.4) is 0 Å². The van der Waals surface area contributed by atoms with Crippen LogP contribution in [0.1, 0.15) is 303 Å². The van der Waals surface area contributed by atoms with Crippen molar-refractivity contribution in [2.45, 2.75) is 309 Å². The maximum absolute atomic E-state index is 12.9. The van der Waals surface area contributed by atoms with Gasteiger partial charge in [0.25, 0.3) is 0 Å². The summed E-state index contributed by atoms with van der Waals surface area (Å²) in [5.74, 6) is -0.913. The Hall–Kier alpha value is -3.15. The van der Waals surface area contributed by atoms with E-state index < -0.39 is 6.10 Å². The Balaban J connectivity index is 4.43. The lowest BCUT2D eigenvalue weighted by Crippen LogP contribution is -2.30. The van der Waals surface area contributed by atoms with Crippen LogP contribution in [0.25, 0.3) is 0 Å². The number of hydrogen-bond acceptors (Lipinski definition) is 6. The van der Waals surface area contributed by atoms with Crippen molar-refractivity contribution >= 4 is 17.9 Å². The predicted molar refractivity (Wildman–Crippen MR) is 307 cm³/mol. The molecular weight excluding hydrogens is 877 g/mol. The Morgan fingerprint density at radius 1 is 0.282 bits per heavy atom. The van der Waals surface area contributed by atoms with Gasteiger partial charge >= 0.3 is 17.9 Å². The van der Waals surface area contributed by atoms with E-state index in [1.165, 1.54) is 167 Å². The summed E-state index contributed by atoms with van der Waals surface area (Å²) in [4.78, 5) is 38.2. The molecule has 410 valence electrons. The summed E-state index contributed by atoms with van der Waals surface area (Å²) in [7, 11) is 0. The van der Waals surface area contributed by atoms with Crippen molar-refractivity contribution in [3.63, 3.8) is 0 Å². The summed E-state index contributed by atoms with van der Waals surface area (Å²) in [6.07, 6.45) is 76.0. The maximum Gasteiger partial charge on any atom is 0.306 e. The Bertz CT molecular complexity index is 1320. The van der Waals surface area contributed by atoms with Gasteiger partial charge in [0, 0.05) is 19.3 Å². The molecule has 0 fully saturated rings. The van der Waals surface area contributed by atoms with Crippen molar-refractivity contribution in [3.8, 4) is 0 Å². The number of carbonyl (C=O) groups is 3. The minimum Gasteiger partial charge on any atom is -0.462 e. The molecule has 0 aliphatic carbocycles. The second-order valence-electron chi connectivity index (χ2n) is 20.3. The van der Waals surface area contributed by atoms with Gasteiger partial charge < -0.3 is 14.2 Å². The van der Waals surface area contributed by atoms with E-state index in [1.807, 2.05) is 0 Å². The van der Waals surface area contributed by atoms with Crippen molar-refractivity contribution in [2.24, 2.45) is 0 Å². The molecule has 0 unspecified atom stereocenters. The van der Waals surface area contributed by atoms with Gasteiger partial charge in [0.15, 0.2) is 6.10 Å². The van der Waals surface area contributed by atoms with Gasteiger partial charge in [-0.15, -0.1) is 0 Å². The van der Waals surface area contributed by atoms with Gasteiger partial charge in [-0.1, -0.05) is 261 Å². The van der Waals surface area contributed by atoms with Crippen LogP contribution in [0.4, 0.5) is 0 Å². The molecule has 0 saturated heterocycles. The standard InChI is InChI=1S/C65H114O6/c1-4-7-10-13-16-19-22-25-28-31-32-35-37-40-43-46-49-52-55-58-64(67)70-61-62(71-65(68)59-56-53-50-47-44-41-38-34-30-27-24-21-18-15-12-9-6-3)60-69-63(66)57-54-51-48-45-42-39-36-33-29-26-23-20-17-14-11-8-5-2/h16-17,19-20,25-26,28-29,32,35,40,43,62H,4-15,18,21-24,27,30-31,33-34,36-39,41-42,44-61H2,1-3H3/b19-16-,20-17-,28-25-,29-26-,35-32-,43-40-/t62-/m0/s1. The first-order valence-corrected chi connectivity index (χ1v) is 30.4. The summed E-state index contributed by atoms with van der Waals surface area (Å²) >= 11 is 0. The highest BCUT2D eigenvalue weighted by Crippen LogP contribution is 2.16. The van der Waals surface area contributed by atoms with E-state index in [9.17, 15) is 14.4 Å². The second kappa shape index (κ2) is 59.4. The van der Waals surface area contributed by atoms with Crippen LogP contribution in [0.15, 0.2) is 72.9 Å². The zero-order valence-electron chi connectivity index (χ0n) is 47.0. The predicted octanol–water partition coefficient (Wildman–Crippen LogP) is 20.5. The van der Waals surface area contributed by atoms with E-state index in [4.69, 9.17) is 14.2 Å². The third kappa shape index (κ3) is 57.6. The first-order valence-electron chi connectivity index (χ1n) is 30.4. The van der Waals surface area contributed by atoms with Gasteiger partial charge in [0.2, 0.25) is 0 Å². The maximum atomic E-state index is 12.9. The van der Waals surface area contributed by atoms with Crippen molar-refractivity contribution in [1.29, 1.82) is 0 Å². The molecule has 0 heterocycles. The van der Waals surface area contributed by atoms with Crippen LogP contribution in [0.2, 0.25) is 0 Å². The molecular formula is C65H114O6. The Morgan fingerprint density at radius 3 is 0.831 bits per heavy atom. The molecule has 0 bridgehead atoms. The Morgan fingerprint density at radius 2 is 0.507 bits per heavy atom. The van der Waals surface area contributed by atoms with Crippen LogP contribution in [0.5, 0.6) is 0 Å². The Kier molecular flexibility index (Phi) is 56.8. The molecule has 0 saturated carbocycles. The van der Waals surface area contributed by atoms with E-state index in [0.29, 0.717) is 19.3 Å². The van der Waals surface area contributed by atoms with E-state index in [1.54, 1.807) is 0 Å².